The lowest BCUT2D eigenvalue weighted by Crippen LogP contribution is -2.66. The minimum atomic E-state index is -5.23. The summed E-state index contributed by atoms with van der Waals surface area (Å²) in [6.45, 7) is 3.34. The number of hydrogen-bond acceptors (Lipinski definition) is 5. The molecule has 2 rings (SSSR count). The first kappa shape index (κ1) is 22.2. The van der Waals surface area contributed by atoms with Gasteiger partial charge in [-0.25, -0.2) is 4.79 Å². The molecule has 0 aromatic carbocycles. The smallest absolute Gasteiger partial charge is 0.425 e. The maximum atomic E-state index is 14.2. The number of alkyl halides is 3. The van der Waals surface area contributed by atoms with Crippen molar-refractivity contribution < 1.29 is 37.0 Å². The standard InChI is InChI=1S/C18H25F3N2O5/c1-4-5-8-13(24)22-17(18(19,20)21)14(15(25)27-3)11(2)23(16(17)26)10-12-7-6-9-28-12/h12H,4-10H2,1-3H3,(H,22,24)/t12-,17-/m0/s1. The van der Waals surface area contributed by atoms with Crippen LogP contribution in [0.25, 0.3) is 0 Å². The highest BCUT2D eigenvalue weighted by Gasteiger charge is 2.70. The van der Waals surface area contributed by atoms with Crippen molar-refractivity contribution in [1.82, 2.24) is 10.2 Å². The van der Waals surface area contributed by atoms with E-state index in [9.17, 15) is 27.6 Å². The maximum Gasteiger partial charge on any atom is 0.425 e. The lowest BCUT2D eigenvalue weighted by atomic mass is 9.89. The van der Waals surface area contributed by atoms with E-state index >= 15 is 0 Å². The van der Waals surface area contributed by atoms with E-state index in [1.54, 1.807) is 6.92 Å². The van der Waals surface area contributed by atoms with Crippen molar-refractivity contribution in [3.8, 4) is 0 Å². The van der Waals surface area contributed by atoms with Gasteiger partial charge < -0.3 is 19.7 Å². The molecule has 0 unspecified atom stereocenters. The van der Waals surface area contributed by atoms with E-state index in [4.69, 9.17) is 4.74 Å². The summed E-state index contributed by atoms with van der Waals surface area (Å²) in [6.07, 6.45) is -3.60. The third-order valence-corrected chi connectivity index (χ3v) is 5.02. The quantitative estimate of drug-likeness (QED) is 0.655. The Morgan fingerprint density at radius 3 is 2.57 bits per heavy atom. The molecule has 7 nitrogen and oxygen atoms in total. The molecule has 2 aliphatic rings. The summed E-state index contributed by atoms with van der Waals surface area (Å²) in [5.41, 5.74) is -4.57. The van der Waals surface area contributed by atoms with Gasteiger partial charge in [-0.3, -0.25) is 9.59 Å². The minimum absolute atomic E-state index is 0.131. The number of esters is 1. The van der Waals surface area contributed by atoms with Gasteiger partial charge in [0.15, 0.2) is 0 Å². The van der Waals surface area contributed by atoms with Gasteiger partial charge in [0.05, 0.1) is 19.8 Å². The molecule has 0 bridgehead atoms. The molecule has 1 fully saturated rings. The number of unbranched alkanes of at least 4 members (excludes halogenated alkanes) is 1. The van der Waals surface area contributed by atoms with Crippen LogP contribution in [0.2, 0.25) is 0 Å². The van der Waals surface area contributed by atoms with E-state index in [0.717, 1.165) is 18.4 Å². The van der Waals surface area contributed by atoms with E-state index in [1.165, 1.54) is 6.92 Å². The lowest BCUT2D eigenvalue weighted by molar-refractivity contribution is -0.196. The Kier molecular flexibility index (Phi) is 6.74. The van der Waals surface area contributed by atoms with Gasteiger partial charge in [-0.1, -0.05) is 13.3 Å². The first-order valence-electron chi connectivity index (χ1n) is 9.21. The molecule has 0 aliphatic carbocycles. The largest absolute Gasteiger partial charge is 0.466 e. The number of rotatable bonds is 7. The number of carbonyl (C=O) groups is 3. The normalized spacial score (nSPS) is 25.4. The third kappa shape index (κ3) is 3.87. The van der Waals surface area contributed by atoms with Gasteiger partial charge in [-0.2, -0.15) is 13.2 Å². The lowest BCUT2D eigenvalue weighted by Gasteiger charge is -2.33. The second-order valence-electron chi connectivity index (χ2n) is 6.90. The second kappa shape index (κ2) is 8.50. The van der Waals surface area contributed by atoms with Crippen molar-refractivity contribution in [2.24, 2.45) is 0 Å². The third-order valence-electron chi connectivity index (χ3n) is 5.02. The Labute approximate surface area is 161 Å². The van der Waals surface area contributed by atoms with Crippen LogP contribution in [0.5, 0.6) is 0 Å². The molecule has 1 N–H and O–H groups in total. The molecule has 10 heteroatoms. The topological polar surface area (TPSA) is 84.9 Å². The van der Waals surface area contributed by atoms with E-state index < -0.39 is 41.2 Å². The Bertz CT molecular complexity index is 671. The molecule has 0 aromatic rings. The van der Waals surface area contributed by atoms with Gasteiger partial charge in [0.1, 0.15) is 5.57 Å². The van der Waals surface area contributed by atoms with Crippen LogP contribution in [0.4, 0.5) is 13.2 Å². The summed E-state index contributed by atoms with van der Waals surface area (Å²) in [6, 6.07) is 0. The molecule has 0 aromatic heterocycles. The molecule has 0 radical (unpaired) electrons. The highest BCUT2D eigenvalue weighted by atomic mass is 19.4. The van der Waals surface area contributed by atoms with Crippen LogP contribution in [0, 0.1) is 0 Å². The minimum Gasteiger partial charge on any atom is -0.466 e. The first-order valence-corrected chi connectivity index (χ1v) is 9.21. The Balaban J connectivity index is 2.51. The molecular weight excluding hydrogens is 381 g/mol. The van der Waals surface area contributed by atoms with Gasteiger partial charge in [0.2, 0.25) is 11.4 Å². The van der Waals surface area contributed by atoms with Crippen LogP contribution in [-0.2, 0) is 23.9 Å². The zero-order valence-corrected chi connectivity index (χ0v) is 16.1. The van der Waals surface area contributed by atoms with Crippen LogP contribution in [-0.4, -0.2) is 60.8 Å². The van der Waals surface area contributed by atoms with Gasteiger partial charge >= 0.3 is 12.1 Å². The summed E-state index contributed by atoms with van der Waals surface area (Å²) in [4.78, 5) is 38.3. The van der Waals surface area contributed by atoms with Crippen LogP contribution in [0.1, 0.15) is 46.0 Å². The Morgan fingerprint density at radius 1 is 1.39 bits per heavy atom. The predicted molar refractivity (Wildman–Crippen MR) is 91.9 cm³/mol. The van der Waals surface area contributed by atoms with Crippen LogP contribution >= 0.6 is 0 Å². The number of methoxy groups -OCH3 is 1. The van der Waals surface area contributed by atoms with Crippen LogP contribution in [0.15, 0.2) is 11.3 Å². The summed E-state index contributed by atoms with van der Waals surface area (Å²) in [5.74, 6) is -3.69. The van der Waals surface area contributed by atoms with Crippen molar-refractivity contribution >= 4 is 17.8 Å². The van der Waals surface area contributed by atoms with Crippen LogP contribution in [0.3, 0.4) is 0 Å². The van der Waals surface area contributed by atoms with Gasteiger partial charge in [-0.15, -0.1) is 0 Å². The molecule has 0 saturated carbocycles. The highest BCUT2D eigenvalue weighted by Crippen LogP contribution is 2.45. The maximum absolute atomic E-state index is 14.2. The fourth-order valence-electron chi connectivity index (χ4n) is 3.54. The molecule has 2 atom stereocenters. The Hall–Kier alpha value is -2.10. The average Bonchev–Trinajstić information content (AvgIpc) is 3.21. The fraction of sp³-hybridized carbons (Fsp3) is 0.722. The number of nitrogens with zero attached hydrogens (tertiary/aromatic N) is 1. The van der Waals surface area contributed by atoms with Crippen molar-refractivity contribution in [2.75, 3.05) is 20.3 Å². The van der Waals surface area contributed by atoms with Crippen molar-refractivity contribution in [3.63, 3.8) is 0 Å². The van der Waals surface area contributed by atoms with Gasteiger partial charge in [0.25, 0.3) is 5.91 Å². The summed E-state index contributed by atoms with van der Waals surface area (Å²) >= 11 is 0. The number of nitrogens with one attached hydrogen (secondary N) is 1. The molecule has 2 aliphatic heterocycles. The number of ether oxygens (including phenoxy) is 2. The van der Waals surface area contributed by atoms with E-state index in [2.05, 4.69) is 4.74 Å². The molecule has 2 heterocycles. The molecule has 28 heavy (non-hydrogen) atoms. The number of amides is 2. The van der Waals surface area contributed by atoms with E-state index in [0.29, 0.717) is 25.9 Å². The van der Waals surface area contributed by atoms with Crippen molar-refractivity contribution in [1.29, 1.82) is 0 Å². The monoisotopic (exact) mass is 406 g/mol. The van der Waals surface area contributed by atoms with Gasteiger partial charge in [0, 0.05) is 18.7 Å². The zero-order valence-electron chi connectivity index (χ0n) is 16.1. The van der Waals surface area contributed by atoms with Gasteiger partial charge in [-0.05, 0) is 26.2 Å². The average molecular weight is 406 g/mol. The van der Waals surface area contributed by atoms with Crippen LogP contribution < -0.4 is 5.32 Å². The predicted octanol–water partition coefficient (Wildman–Crippen LogP) is 2.06. The summed E-state index contributed by atoms with van der Waals surface area (Å²) < 4.78 is 52.6. The Morgan fingerprint density at radius 2 is 2.07 bits per heavy atom. The number of halogens is 3. The SMILES string of the molecule is CCCCC(=O)N[C@]1(C(F)(F)F)C(=O)N(C[C@@H]2CCCO2)C(C)=C1C(=O)OC. The van der Waals surface area contributed by atoms with Crippen molar-refractivity contribution in [2.45, 2.75) is 63.8 Å². The fourth-order valence-corrected chi connectivity index (χ4v) is 3.54. The zero-order chi connectivity index (χ0) is 21.1. The molecular formula is C18H25F3N2O5. The first-order chi connectivity index (χ1) is 13.1. The number of carbonyl (C=O) groups excluding carboxylic acids is 3. The van der Waals surface area contributed by atoms with E-state index in [1.807, 2.05) is 5.32 Å². The summed E-state index contributed by atoms with van der Waals surface area (Å²) in [7, 11) is 0.926. The molecule has 158 valence electrons. The second-order valence-corrected chi connectivity index (χ2v) is 6.90. The van der Waals surface area contributed by atoms with E-state index in [-0.39, 0.29) is 18.7 Å². The van der Waals surface area contributed by atoms with Crippen molar-refractivity contribution in [3.05, 3.63) is 11.3 Å². The molecule has 2 amide bonds. The molecule has 1 saturated heterocycles. The highest BCUT2D eigenvalue weighted by molar-refractivity contribution is 6.10. The number of allylic oxidation sites excluding steroid dienone is 1. The molecule has 0 spiro atoms. The number of hydrogen-bond donors (Lipinski definition) is 1. The summed E-state index contributed by atoms with van der Waals surface area (Å²) in [5, 5.41) is 1.81.